The minimum Gasteiger partial charge on any atom is -0.340 e. The number of nitrogens with zero attached hydrogens (tertiary/aromatic N) is 4. The fraction of sp³-hybridized carbons (Fsp3) is 0.370. The predicted molar refractivity (Wildman–Crippen MR) is 132 cm³/mol. The van der Waals surface area contributed by atoms with E-state index in [2.05, 4.69) is 16.5 Å². The molecule has 1 N–H and O–H groups in total. The van der Waals surface area contributed by atoms with Gasteiger partial charge in [-0.25, -0.2) is 0 Å². The summed E-state index contributed by atoms with van der Waals surface area (Å²) in [5.41, 5.74) is 7.12. The van der Waals surface area contributed by atoms with E-state index >= 15 is 0 Å². The van der Waals surface area contributed by atoms with Crippen molar-refractivity contribution in [1.82, 2.24) is 20.0 Å². The minimum atomic E-state index is -0.0179. The number of fused-ring (bicyclic) bond motifs is 2. The van der Waals surface area contributed by atoms with Crippen molar-refractivity contribution in [3.63, 3.8) is 0 Å². The number of hydrogen-bond donors (Lipinski definition) is 1. The number of amides is 2. The Morgan fingerprint density at radius 3 is 2.65 bits per heavy atom. The molecule has 2 amide bonds. The molecule has 0 aliphatic carbocycles. The first-order valence-corrected chi connectivity index (χ1v) is 12.0. The highest BCUT2D eigenvalue weighted by Crippen LogP contribution is 2.31. The van der Waals surface area contributed by atoms with E-state index in [1.165, 1.54) is 0 Å². The Morgan fingerprint density at radius 2 is 1.85 bits per heavy atom. The topological polar surface area (TPSA) is 70.5 Å². The summed E-state index contributed by atoms with van der Waals surface area (Å²) in [5.74, 6) is 0.185. The quantitative estimate of drug-likeness (QED) is 0.654. The van der Waals surface area contributed by atoms with Crippen molar-refractivity contribution >= 4 is 17.5 Å². The summed E-state index contributed by atoms with van der Waals surface area (Å²) in [7, 11) is 1.95. The molecule has 2 aromatic carbocycles. The lowest BCUT2D eigenvalue weighted by Crippen LogP contribution is -2.46. The van der Waals surface area contributed by atoms with Crippen molar-refractivity contribution < 1.29 is 9.59 Å². The van der Waals surface area contributed by atoms with Gasteiger partial charge in [-0.2, -0.15) is 5.10 Å². The van der Waals surface area contributed by atoms with E-state index in [-0.39, 0.29) is 11.8 Å². The summed E-state index contributed by atoms with van der Waals surface area (Å²) in [5, 5.41) is 7.70. The Kier molecular flexibility index (Phi) is 6.20. The second-order valence-electron chi connectivity index (χ2n) is 9.21. The largest absolute Gasteiger partial charge is 0.340 e. The van der Waals surface area contributed by atoms with Crippen molar-refractivity contribution in [1.29, 1.82) is 0 Å². The third-order valence-electron chi connectivity index (χ3n) is 7.03. The zero-order valence-corrected chi connectivity index (χ0v) is 19.9. The number of piperazine rings is 1. The van der Waals surface area contributed by atoms with E-state index < -0.39 is 0 Å². The highest BCUT2D eigenvalue weighted by molar-refractivity contribution is 6.06. The van der Waals surface area contributed by atoms with Gasteiger partial charge >= 0.3 is 0 Å². The number of anilines is 1. The zero-order valence-electron chi connectivity index (χ0n) is 19.9. The van der Waals surface area contributed by atoms with Gasteiger partial charge in [0.2, 0.25) is 5.91 Å². The molecule has 7 nitrogen and oxygen atoms in total. The van der Waals surface area contributed by atoms with Crippen LogP contribution in [0.1, 0.15) is 44.7 Å². The smallest absolute Gasteiger partial charge is 0.258 e. The van der Waals surface area contributed by atoms with Crippen molar-refractivity contribution in [2.24, 2.45) is 7.05 Å². The molecule has 1 aromatic heterocycles. The molecule has 1 fully saturated rings. The molecule has 0 radical (unpaired) electrons. The van der Waals surface area contributed by atoms with Crippen LogP contribution in [-0.2, 0) is 31.2 Å². The number of carbonyl (C=O) groups excluding carboxylic acids is 2. The van der Waals surface area contributed by atoms with Crippen molar-refractivity contribution in [3.8, 4) is 0 Å². The lowest BCUT2D eigenvalue weighted by Gasteiger charge is -2.27. The third kappa shape index (κ3) is 4.35. The monoisotopic (exact) mass is 457 g/mol. The molecule has 0 bridgehead atoms. The van der Waals surface area contributed by atoms with Crippen LogP contribution in [-0.4, -0.2) is 52.7 Å². The summed E-state index contributed by atoms with van der Waals surface area (Å²) in [4.78, 5) is 30.1. The van der Waals surface area contributed by atoms with Crippen LogP contribution in [0, 0.1) is 6.92 Å². The van der Waals surface area contributed by atoms with E-state index in [1.54, 1.807) is 0 Å². The Balaban J connectivity index is 1.35. The first-order chi connectivity index (χ1) is 16.5. The van der Waals surface area contributed by atoms with Gasteiger partial charge in [-0.15, -0.1) is 0 Å². The van der Waals surface area contributed by atoms with Gasteiger partial charge in [0.05, 0.1) is 12.7 Å². The molecule has 2 aliphatic rings. The van der Waals surface area contributed by atoms with Gasteiger partial charge in [0.25, 0.3) is 5.91 Å². The number of carbonyl (C=O) groups is 2. The van der Waals surface area contributed by atoms with Gasteiger partial charge < -0.3 is 15.1 Å². The fourth-order valence-corrected chi connectivity index (χ4v) is 4.99. The van der Waals surface area contributed by atoms with E-state index in [0.717, 1.165) is 66.2 Å². The Morgan fingerprint density at radius 1 is 1.06 bits per heavy atom. The molecule has 0 spiro atoms. The molecule has 176 valence electrons. The molecule has 3 heterocycles. The molecule has 3 aromatic rings. The maximum atomic E-state index is 13.7. The van der Waals surface area contributed by atoms with Crippen LogP contribution in [0.2, 0.25) is 0 Å². The molecular weight excluding hydrogens is 426 g/mol. The molecule has 0 unspecified atom stereocenters. The first kappa shape index (κ1) is 22.3. The molecule has 1 saturated heterocycles. The fourth-order valence-electron chi connectivity index (χ4n) is 4.99. The number of aromatic nitrogens is 2. The molecule has 0 saturated carbocycles. The molecule has 7 heteroatoms. The first-order valence-electron chi connectivity index (χ1n) is 12.0. The minimum absolute atomic E-state index is 0.0179. The Labute approximate surface area is 200 Å². The Hall–Kier alpha value is -3.45. The van der Waals surface area contributed by atoms with Crippen LogP contribution in [0.15, 0.2) is 48.7 Å². The number of benzene rings is 2. The molecule has 5 rings (SSSR count). The maximum absolute atomic E-state index is 13.7. The van der Waals surface area contributed by atoms with Crippen LogP contribution >= 0.6 is 0 Å². The maximum Gasteiger partial charge on any atom is 0.258 e. The van der Waals surface area contributed by atoms with Gasteiger partial charge in [0, 0.05) is 68.6 Å². The highest BCUT2D eigenvalue weighted by atomic mass is 16.2. The number of nitrogens with one attached hydrogen (secondary N) is 1. The van der Waals surface area contributed by atoms with Crippen LogP contribution in [0.5, 0.6) is 0 Å². The van der Waals surface area contributed by atoms with E-state index in [0.29, 0.717) is 24.9 Å². The van der Waals surface area contributed by atoms with Crippen molar-refractivity contribution in [3.05, 3.63) is 82.2 Å². The number of aryl methyl sites for hydroxylation is 3. The second kappa shape index (κ2) is 9.43. The second-order valence-corrected chi connectivity index (χ2v) is 9.21. The summed E-state index contributed by atoms with van der Waals surface area (Å²) in [6, 6.07) is 14.0. The average Bonchev–Trinajstić information content (AvgIpc) is 3.11. The predicted octanol–water partition coefficient (Wildman–Crippen LogP) is 2.84. The van der Waals surface area contributed by atoms with Crippen LogP contribution in [0.25, 0.3) is 0 Å². The van der Waals surface area contributed by atoms with Gasteiger partial charge in [0.15, 0.2) is 0 Å². The lowest BCUT2D eigenvalue weighted by atomic mass is 10.00. The van der Waals surface area contributed by atoms with Crippen LogP contribution in [0.3, 0.4) is 0 Å². The lowest BCUT2D eigenvalue weighted by molar-refractivity contribution is -0.131. The summed E-state index contributed by atoms with van der Waals surface area (Å²) in [6.45, 7) is 5.81. The molecule has 34 heavy (non-hydrogen) atoms. The van der Waals surface area contributed by atoms with Crippen molar-refractivity contribution in [2.45, 2.75) is 32.7 Å². The SMILES string of the molecule is Cc1cc(C(=O)N2Cc3cnn(C)c3Cc3ccccc32)ccc1CCC(=O)N1CCNCC1. The number of hydrogen-bond acceptors (Lipinski definition) is 4. The van der Waals surface area contributed by atoms with Crippen LogP contribution < -0.4 is 10.2 Å². The van der Waals surface area contributed by atoms with Gasteiger partial charge in [-0.3, -0.25) is 14.3 Å². The average molecular weight is 458 g/mol. The summed E-state index contributed by atoms with van der Waals surface area (Å²) < 4.78 is 1.90. The highest BCUT2D eigenvalue weighted by Gasteiger charge is 2.27. The van der Waals surface area contributed by atoms with E-state index in [9.17, 15) is 9.59 Å². The molecular formula is C27H31N5O2. The van der Waals surface area contributed by atoms with Gasteiger partial charge in [0.1, 0.15) is 0 Å². The zero-order chi connectivity index (χ0) is 23.7. The number of para-hydroxylation sites is 1. The standard InChI is InChI=1S/C27H31N5O2/c1-19-15-22(8-7-20(19)9-10-26(33)31-13-11-28-12-14-31)27(34)32-18-23-17-29-30(2)25(23)16-21-5-3-4-6-24(21)32/h3-8,15,17,28H,9-14,16,18H2,1-2H3. The Bertz CT molecular complexity index is 1230. The van der Waals surface area contributed by atoms with E-state index in [1.807, 2.05) is 71.0 Å². The molecule has 2 aliphatic heterocycles. The van der Waals surface area contributed by atoms with E-state index in [4.69, 9.17) is 0 Å². The summed E-state index contributed by atoms with van der Waals surface area (Å²) in [6.07, 6.45) is 3.81. The van der Waals surface area contributed by atoms with Crippen molar-refractivity contribution in [2.75, 3.05) is 31.1 Å². The van der Waals surface area contributed by atoms with Gasteiger partial charge in [-0.05, 0) is 48.2 Å². The molecule has 0 atom stereocenters. The number of rotatable bonds is 4. The summed E-state index contributed by atoms with van der Waals surface area (Å²) >= 11 is 0. The van der Waals surface area contributed by atoms with Crippen LogP contribution in [0.4, 0.5) is 5.69 Å². The third-order valence-corrected chi connectivity index (χ3v) is 7.03. The van der Waals surface area contributed by atoms with Gasteiger partial charge in [-0.1, -0.05) is 24.3 Å². The normalized spacial score (nSPS) is 15.5.